The van der Waals surface area contributed by atoms with E-state index < -0.39 is 17.5 Å². The molecular weight excluding hydrogens is 453 g/mol. The molecule has 0 bridgehead atoms. The minimum Gasteiger partial charge on any atom is -0.366 e. The first kappa shape index (κ1) is 24.4. The number of aryl methyl sites for hydroxylation is 1. The second kappa shape index (κ2) is 9.74. The molecule has 3 aromatic rings. The van der Waals surface area contributed by atoms with Crippen LogP contribution in [0.1, 0.15) is 30.2 Å². The molecule has 2 N–H and O–H groups in total. The second-order valence-corrected chi connectivity index (χ2v) is 7.78. The van der Waals surface area contributed by atoms with Gasteiger partial charge in [-0.15, -0.1) is 0 Å². The van der Waals surface area contributed by atoms with Crippen molar-refractivity contribution < 1.29 is 18.0 Å². The number of likely N-dealkylation sites (N-methyl/N-ethyl adjacent to an activating group) is 1. The van der Waals surface area contributed by atoms with Crippen molar-refractivity contribution in [1.29, 1.82) is 0 Å². The number of anilines is 3. The summed E-state index contributed by atoms with van der Waals surface area (Å²) in [5.41, 5.74) is 3.41. The van der Waals surface area contributed by atoms with Crippen molar-refractivity contribution in [1.82, 2.24) is 14.8 Å². The zero-order chi connectivity index (χ0) is 23.0. The van der Waals surface area contributed by atoms with Crippen molar-refractivity contribution in [2.45, 2.75) is 39.4 Å². The molecule has 0 saturated carbocycles. The van der Waals surface area contributed by atoms with Crippen molar-refractivity contribution in [3.05, 3.63) is 64.9 Å². The Bertz CT molecular complexity index is 1160. The van der Waals surface area contributed by atoms with Crippen molar-refractivity contribution >= 4 is 36.6 Å². The van der Waals surface area contributed by atoms with E-state index in [1.54, 1.807) is 12.4 Å². The van der Waals surface area contributed by atoms with Crippen LogP contribution in [0, 0.1) is 24.4 Å². The average Bonchev–Trinajstić information content (AvgIpc) is 3.19. The highest BCUT2D eigenvalue weighted by Gasteiger charge is 2.30. The number of nitrogens with zero attached hydrogens (tertiary/aromatic N) is 4. The van der Waals surface area contributed by atoms with Crippen molar-refractivity contribution in [2.75, 3.05) is 22.6 Å². The van der Waals surface area contributed by atoms with Gasteiger partial charge in [0.1, 0.15) is 11.9 Å². The van der Waals surface area contributed by atoms with Crippen LogP contribution in [0.3, 0.4) is 0 Å². The highest BCUT2D eigenvalue weighted by atomic mass is 32.1. The highest BCUT2D eigenvalue weighted by Crippen LogP contribution is 2.35. The minimum atomic E-state index is -1.48. The Morgan fingerprint density at radius 1 is 1.15 bits per heavy atom. The minimum absolute atomic E-state index is 0. The summed E-state index contributed by atoms with van der Waals surface area (Å²) in [7, 11) is 1.89. The van der Waals surface area contributed by atoms with E-state index in [2.05, 4.69) is 20.7 Å². The number of carbonyl (C=O) groups excluding carboxylic acids is 1. The molecule has 1 aromatic carbocycles. The zero-order valence-electron chi connectivity index (χ0n) is 18.4. The quantitative estimate of drug-likeness (QED) is 0.525. The lowest BCUT2D eigenvalue weighted by atomic mass is 10.1. The molecule has 176 valence electrons. The standard InChI is InChI=1S/C22H23F3N6O.H2S/c1-4-17-22(32)29-21-12(2)28-19(7-18(21)30(17)3)26-8-14-9-27-31(11-14)10-13-5-15(23)20(25)16(24)6-13;/h5-7,9,11,17H,4,8,10H2,1-3H3,(H,26,28)(H,29,32);1H2/t17-;/m0./s1. The number of rotatable bonds is 6. The van der Waals surface area contributed by atoms with Gasteiger partial charge in [-0.1, -0.05) is 6.92 Å². The molecule has 0 unspecified atom stereocenters. The molecule has 1 aliphatic rings. The van der Waals surface area contributed by atoms with E-state index in [0.29, 0.717) is 30.2 Å². The summed E-state index contributed by atoms with van der Waals surface area (Å²) in [5, 5.41) is 10.4. The summed E-state index contributed by atoms with van der Waals surface area (Å²) >= 11 is 0. The first-order valence-corrected chi connectivity index (χ1v) is 10.2. The molecule has 3 heterocycles. The van der Waals surface area contributed by atoms with Gasteiger partial charge in [-0.05, 0) is 31.0 Å². The lowest BCUT2D eigenvalue weighted by Gasteiger charge is -2.35. The van der Waals surface area contributed by atoms with Crippen LogP contribution in [0.25, 0.3) is 0 Å². The Morgan fingerprint density at radius 3 is 2.52 bits per heavy atom. The molecule has 0 spiro atoms. The zero-order valence-corrected chi connectivity index (χ0v) is 19.4. The van der Waals surface area contributed by atoms with Crippen LogP contribution in [0.5, 0.6) is 0 Å². The van der Waals surface area contributed by atoms with Crippen LogP contribution in [0.2, 0.25) is 0 Å². The molecule has 4 rings (SSSR count). The van der Waals surface area contributed by atoms with Crippen molar-refractivity contribution in [2.24, 2.45) is 0 Å². The number of amides is 1. The van der Waals surface area contributed by atoms with Gasteiger partial charge in [-0.25, -0.2) is 18.2 Å². The number of pyridine rings is 1. The average molecular weight is 479 g/mol. The van der Waals surface area contributed by atoms with E-state index in [1.807, 2.05) is 31.9 Å². The van der Waals surface area contributed by atoms with Gasteiger partial charge in [-0.2, -0.15) is 18.6 Å². The maximum atomic E-state index is 13.4. The number of fused-ring (bicyclic) bond motifs is 1. The summed E-state index contributed by atoms with van der Waals surface area (Å²) in [4.78, 5) is 18.7. The number of hydrogen-bond donors (Lipinski definition) is 2. The number of nitrogens with one attached hydrogen (secondary N) is 2. The van der Waals surface area contributed by atoms with Crippen LogP contribution in [-0.2, 0) is 17.9 Å². The molecule has 11 heteroatoms. The largest absolute Gasteiger partial charge is 0.366 e. The lowest BCUT2D eigenvalue weighted by Crippen LogP contribution is -2.45. The van der Waals surface area contributed by atoms with Gasteiger partial charge in [0.15, 0.2) is 17.5 Å². The van der Waals surface area contributed by atoms with E-state index >= 15 is 0 Å². The molecule has 0 radical (unpaired) electrons. The molecule has 7 nitrogen and oxygen atoms in total. The predicted octanol–water partition coefficient (Wildman–Crippen LogP) is 3.94. The SMILES string of the molecule is CC[C@H]1C(=O)Nc2c(cc(NCc3cnn(Cc4cc(F)c(F)c(F)c4)c3)nc2C)N1C.S. The fraction of sp³-hybridized carbons (Fsp3) is 0.318. The Hall–Kier alpha value is -3.21. The maximum absolute atomic E-state index is 13.4. The van der Waals surface area contributed by atoms with Gasteiger partial charge in [0.2, 0.25) is 5.91 Å². The van der Waals surface area contributed by atoms with Crippen LogP contribution in [-0.4, -0.2) is 33.8 Å². The monoisotopic (exact) mass is 478 g/mol. The van der Waals surface area contributed by atoms with Crippen LogP contribution >= 0.6 is 13.5 Å². The Kier molecular flexibility index (Phi) is 7.21. The van der Waals surface area contributed by atoms with Gasteiger partial charge in [0.25, 0.3) is 0 Å². The van der Waals surface area contributed by atoms with E-state index in [9.17, 15) is 18.0 Å². The van der Waals surface area contributed by atoms with Gasteiger partial charge in [0, 0.05) is 31.4 Å². The summed E-state index contributed by atoms with van der Waals surface area (Å²) in [6.45, 7) is 4.33. The predicted molar refractivity (Wildman–Crippen MR) is 125 cm³/mol. The molecule has 33 heavy (non-hydrogen) atoms. The fourth-order valence-electron chi connectivity index (χ4n) is 3.85. The third kappa shape index (κ3) is 4.92. The summed E-state index contributed by atoms with van der Waals surface area (Å²) in [5.74, 6) is -3.33. The normalized spacial score (nSPS) is 15.0. The van der Waals surface area contributed by atoms with Crippen LogP contribution < -0.4 is 15.5 Å². The molecule has 0 saturated heterocycles. The smallest absolute Gasteiger partial charge is 0.247 e. The second-order valence-electron chi connectivity index (χ2n) is 7.78. The first-order valence-electron chi connectivity index (χ1n) is 10.2. The summed E-state index contributed by atoms with van der Waals surface area (Å²) < 4.78 is 41.5. The first-order chi connectivity index (χ1) is 15.3. The Balaban J connectivity index is 0.00000306. The third-order valence-corrected chi connectivity index (χ3v) is 5.51. The highest BCUT2D eigenvalue weighted by molar-refractivity contribution is 7.59. The number of hydrogen-bond acceptors (Lipinski definition) is 5. The van der Waals surface area contributed by atoms with Crippen LogP contribution in [0.15, 0.2) is 30.6 Å². The van der Waals surface area contributed by atoms with E-state index in [-0.39, 0.29) is 37.6 Å². The fourth-order valence-corrected chi connectivity index (χ4v) is 3.85. The number of benzene rings is 1. The van der Waals surface area contributed by atoms with Crippen LogP contribution in [0.4, 0.5) is 30.4 Å². The summed E-state index contributed by atoms with van der Waals surface area (Å²) in [6.07, 6.45) is 4.05. The molecule has 1 aliphatic heterocycles. The molecule has 1 amide bonds. The lowest BCUT2D eigenvalue weighted by molar-refractivity contribution is -0.117. The molecule has 1 atom stereocenters. The third-order valence-electron chi connectivity index (χ3n) is 5.51. The molecular formula is C22H25F3N6OS. The van der Waals surface area contributed by atoms with Gasteiger partial charge in [0.05, 0.1) is 29.8 Å². The van der Waals surface area contributed by atoms with Gasteiger partial charge >= 0.3 is 0 Å². The molecule has 2 aromatic heterocycles. The summed E-state index contributed by atoms with van der Waals surface area (Å²) in [6, 6.07) is 3.56. The molecule has 0 fully saturated rings. The number of aromatic nitrogens is 3. The number of halogens is 3. The van der Waals surface area contributed by atoms with Crippen molar-refractivity contribution in [3.63, 3.8) is 0 Å². The van der Waals surface area contributed by atoms with E-state index in [4.69, 9.17) is 0 Å². The topological polar surface area (TPSA) is 75.1 Å². The Morgan fingerprint density at radius 2 is 1.85 bits per heavy atom. The van der Waals surface area contributed by atoms with Gasteiger partial charge in [-0.3, -0.25) is 9.48 Å². The van der Waals surface area contributed by atoms with Crippen molar-refractivity contribution in [3.8, 4) is 0 Å². The van der Waals surface area contributed by atoms with E-state index in [1.165, 1.54) is 4.68 Å². The molecule has 0 aliphatic carbocycles. The van der Waals surface area contributed by atoms with E-state index in [0.717, 1.165) is 23.4 Å². The Labute approximate surface area is 196 Å². The van der Waals surface area contributed by atoms with Gasteiger partial charge < -0.3 is 15.5 Å². The number of carbonyl (C=O) groups is 1. The maximum Gasteiger partial charge on any atom is 0.247 e.